The van der Waals surface area contributed by atoms with E-state index >= 15 is 0 Å². The molecule has 13 heteroatoms. The number of nitrogens with zero attached hydrogens (tertiary/aromatic N) is 6. The van der Waals surface area contributed by atoms with Crippen molar-refractivity contribution in [2.45, 2.75) is 22.0 Å². The van der Waals surface area contributed by atoms with Gasteiger partial charge in [-0.1, -0.05) is 17.8 Å². The number of hydrogen-bond acceptors (Lipinski definition) is 9. The minimum atomic E-state index is -4.03. The molecular weight excluding hydrogens is 420 g/mol. The SMILES string of the molecule is CC1=C(C(=O)O)N2C(=O)/C(=C/c3ccccn3)[C@H]2S(=O)(=O)[C@@H]1Sc1nnnn1C. The van der Waals surface area contributed by atoms with Gasteiger partial charge in [-0.15, -0.1) is 5.10 Å². The van der Waals surface area contributed by atoms with E-state index in [0.29, 0.717) is 5.69 Å². The first-order valence-electron chi connectivity index (χ1n) is 8.25. The Kier molecular flexibility index (Phi) is 4.50. The van der Waals surface area contributed by atoms with Gasteiger partial charge >= 0.3 is 5.97 Å². The predicted molar refractivity (Wildman–Crippen MR) is 101 cm³/mol. The summed E-state index contributed by atoms with van der Waals surface area (Å²) in [6, 6.07) is 5.00. The summed E-state index contributed by atoms with van der Waals surface area (Å²) < 4.78 is 26.7. The molecule has 1 N–H and O–H groups in total. The Morgan fingerprint density at radius 2 is 2.10 bits per heavy atom. The normalized spacial score (nSPS) is 24.4. The number of thioether (sulfide) groups is 1. The fraction of sp³-hybridized carbons (Fsp3) is 0.250. The highest BCUT2D eigenvalue weighted by atomic mass is 32.3. The summed E-state index contributed by atoms with van der Waals surface area (Å²) in [5, 5.41) is 19.4. The van der Waals surface area contributed by atoms with Crippen LogP contribution in [0.5, 0.6) is 0 Å². The molecule has 2 aromatic heterocycles. The number of rotatable bonds is 4. The molecule has 1 amide bonds. The van der Waals surface area contributed by atoms with Crippen molar-refractivity contribution in [3.8, 4) is 0 Å². The molecule has 4 rings (SSSR count). The Balaban J connectivity index is 1.84. The van der Waals surface area contributed by atoms with Crippen LogP contribution in [-0.4, -0.2) is 65.4 Å². The number of carbonyl (C=O) groups is 2. The van der Waals surface area contributed by atoms with E-state index in [4.69, 9.17) is 0 Å². The molecule has 0 aromatic carbocycles. The van der Waals surface area contributed by atoms with Gasteiger partial charge in [0.2, 0.25) is 5.16 Å². The van der Waals surface area contributed by atoms with Crippen molar-refractivity contribution in [3.63, 3.8) is 0 Å². The lowest BCUT2D eigenvalue weighted by atomic mass is 10.0. The zero-order chi connectivity index (χ0) is 20.9. The number of hydrogen-bond donors (Lipinski definition) is 1. The van der Waals surface area contributed by atoms with Crippen LogP contribution >= 0.6 is 11.8 Å². The lowest BCUT2D eigenvalue weighted by Crippen LogP contribution is -2.63. The second-order valence-electron chi connectivity index (χ2n) is 6.34. The van der Waals surface area contributed by atoms with Gasteiger partial charge in [-0.2, -0.15) is 0 Å². The van der Waals surface area contributed by atoms with Crippen molar-refractivity contribution in [1.82, 2.24) is 30.1 Å². The van der Waals surface area contributed by atoms with Crippen molar-refractivity contribution >= 4 is 39.6 Å². The molecule has 2 aromatic rings. The molecule has 0 aliphatic carbocycles. The smallest absolute Gasteiger partial charge is 0.352 e. The molecule has 1 saturated heterocycles. The summed E-state index contributed by atoms with van der Waals surface area (Å²) in [4.78, 5) is 29.4. The topological polar surface area (TPSA) is 148 Å². The number of carboxylic acids is 1. The van der Waals surface area contributed by atoms with Gasteiger partial charge in [0.05, 0.1) is 11.3 Å². The summed E-state index contributed by atoms with van der Waals surface area (Å²) in [5.74, 6) is -2.06. The van der Waals surface area contributed by atoms with Crippen molar-refractivity contribution in [2.75, 3.05) is 0 Å². The molecule has 0 unspecified atom stereocenters. The Bertz CT molecular complexity index is 1190. The summed E-state index contributed by atoms with van der Waals surface area (Å²) in [6.45, 7) is 1.38. The van der Waals surface area contributed by atoms with Crippen LogP contribution in [0.1, 0.15) is 12.6 Å². The second-order valence-corrected chi connectivity index (χ2v) is 9.81. The first kappa shape index (κ1) is 19.3. The number of tetrazole rings is 1. The first-order valence-corrected chi connectivity index (χ1v) is 10.7. The van der Waals surface area contributed by atoms with Crippen LogP contribution in [-0.2, 0) is 26.5 Å². The number of sulfone groups is 1. The number of carbonyl (C=O) groups excluding carboxylic acids is 1. The number of amides is 1. The van der Waals surface area contributed by atoms with E-state index in [1.807, 2.05) is 0 Å². The Morgan fingerprint density at radius 3 is 2.69 bits per heavy atom. The average molecular weight is 434 g/mol. The number of aryl methyl sites for hydroxylation is 1. The summed E-state index contributed by atoms with van der Waals surface area (Å²) in [6.07, 6.45) is 2.88. The van der Waals surface area contributed by atoms with E-state index in [9.17, 15) is 23.1 Å². The number of pyridine rings is 1. The standard InChI is InChI=1S/C16H14N6O5S2/c1-8-11(14(24)25)22-12(23)10(7-9-5-3-4-6-17-9)13(22)29(26,27)15(8)28-16-18-19-20-21(16)2/h3-7,13,15H,1-2H3,(H,24,25)/b10-7-/t13-,15+/m1/s1. The first-order chi connectivity index (χ1) is 13.7. The number of carboxylic acid groups (broad SMARTS) is 1. The third-order valence-corrected chi connectivity index (χ3v) is 8.79. The maximum absolute atomic E-state index is 13.4. The molecule has 29 heavy (non-hydrogen) atoms. The largest absolute Gasteiger partial charge is 0.477 e. The van der Waals surface area contributed by atoms with E-state index in [-0.39, 0.29) is 22.0 Å². The molecule has 2 atom stereocenters. The third-order valence-electron chi connectivity index (χ3n) is 4.53. The number of β-lactam (4-membered cyclic amide) rings is 1. The maximum atomic E-state index is 13.4. The molecule has 0 saturated carbocycles. The van der Waals surface area contributed by atoms with Gasteiger partial charge < -0.3 is 5.11 Å². The lowest BCUT2D eigenvalue weighted by Gasteiger charge is -2.47. The van der Waals surface area contributed by atoms with Gasteiger partial charge in [-0.3, -0.25) is 14.7 Å². The zero-order valence-electron chi connectivity index (χ0n) is 15.1. The number of aromatic nitrogens is 5. The minimum absolute atomic E-state index is 0.0309. The van der Waals surface area contributed by atoms with E-state index in [2.05, 4.69) is 20.5 Å². The van der Waals surface area contributed by atoms with Crippen LogP contribution in [0.3, 0.4) is 0 Å². The van der Waals surface area contributed by atoms with E-state index in [1.165, 1.54) is 23.9 Å². The molecule has 0 radical (unpaired) electrons. The Labute approximate surface area is 169 Å². The van der Waals surface area contributed by atoms with Crippen LogP contribution < -0.4 is 0 Å². The maximum Gasteiger partial charge on any atom is 0.352 e. The highest BCUT2D eigenvalue weighted by Gasteiger charge is 2.60. The van der Waals surface area contributed by atoms with Crippen LogP contribution in [0.15, 0.2) is 46.4 Å². The number of aliphatic carboxylic acids is 1. The minimum Gasteiger partial charge on any atom is -0.477 e. The van der Waals surface area contributed by atoms with Crippen LogP contribution in [0.25, 0.3) is 6.08 Å². The summed E-state index contributed by atoms with van der Waals surface area (Å²) in [5.41, 5.74) is 0.0554. The fourth-order valence-corrected chi connectivity index (χ4v) is 6.95. The third kappa shape index (κ3) is 2.93. The molecule has 0 spiro atoms. The van der Waals surface area contributed by atoms with Gasteiger partial charge in [-0.25, -0.2) is 17.9 Å². The molecule has 11 nitrogen and oxygen atoms in total. The van der Waals surface area contributed by atoms with Gasteiger partial charge in [0, 0.05) is 13.2 Å². The summed E-state index contributed by atoms with van der Waals surface area (Å²) in [7, 11) is -2.49. The predicted octanol–water partition coefficient (Wildman–Crippen LogP) is 0.0622. The zero-order valence-corrected chi connectivity index (χ0v) is 16.8. The average Bonchev–Trinajstić information content (AvgIpc) is 3.08. The Morgan fingerprint density at radius 1 is 1.34 bits per heavy atom. The van der Waals surface area contributed by atoms with E-state index in [1.54, 1.807) is 25.2 Å². The molecule has 2 aliphatic rings. The van der Waals surface area contributed by atoms with Gasteiger partial charge in [-0.05, 0) is 41.1 Å². The van der Waals surface area contributed by atoms with Gasteiger partial charge in [0.25, 0.3) is 5.91 Å². The molecule has 0 bridgehead atoms. The quantitative estimate of drug-likeness (QED) is 0.517. The highest BCUT2D eigenvalue weighted by molar-refractivity contribution is 8.14. The summed E-state index contributed by atoms with van der Waals surface area (Å²) >= 11 is 0.820. The lowest BCUT2D eigenvalue weighted by molar-refractivity contribution is -0.141. The molecule has 1 fully saturated rings. The second kappa shape index (κ2) is 6.77. The highest BCUT2D eigenvalue weighted by Crippen LogP contribution is 2.47. The van der Waals surface area contributed by atoms with Crippen molar-refractivity contribution in [3.05, 3.63) is 46.9 Å². The van der Waals surface area contributed by atoms with E-state index < -0.39 is 31.7 Å². The van der Waals surface area contributed by atoms with Crippen LogP contribution in [0, 0.1) is 0 Å². The Hall–Kier alpha value is -3.06. The monoisotopic (exact) mass is 434 g/mol. The van der Waals surface area contributed by atoms with Crippen molar-refractivity contribution in [1.29, 1.82) is 0 Å². The van der Waals surface area contributed by atoms with E-state index in [0.717, 1.165) is 16.7 Å². The van der Waals surface area contributed by atoms with Crippen LogP contribution in [0.2, 0.25) is 0 Å². The molecular formula is C16H14N6O5S2. The number of fused-ring (bicyclic) bond motifs is 1. The van der Waals surface area contributed by atoms with Gasteiger partial charge in [0.15, 0.2) is 15.2 Å². The van der Waals surface area contributed by atoms with Crippen molar-refractivity contribution in [2.24, 2.45) is 7.05 Å². The fourth-order valence-electron chi connectivity index (χ4n) is 3.23. The van der Waals surface area contributed by atoms with Crippen molar-refractivity contribution < 1.29 is 23.1 Å². The molecule has 4 heterocycles. The molecule has 150 valence electrons. The van der Waals surface area contributed by atoms with Crippen LogP contribution in [0.4, 0.5) is 0 Å². The molecule has 2 aliphatic heterocycles. The van der Waals surface area contributed by atoms with Gasteiger partial charge in [0.1, 0.15) is 10.3 Å².